The molecule has 0 saturated heterocycles. The van der Waals surface area contributed by atoms with Crippen LogP contribution in [-0.2, 0) is 17.0 Å². The first-order valence-corrected chi connectivity index (χ1v) is 10.4. The number of hydrogen-bond donors (Lipinski definition) is 1. The second kappa shape index (κ2) is 8.96. The number of amides is 1. The minimum Gasteiger partial charge on any atom is -0.301 e. The van der Waals surface area contributed by atoms with E-state index < -0.39 is 0 Å². The van der Waals surface area contributed by atoms with Crippen molar-refractivity contribution in [1.82, 2.24) is 9.97 Å². The van der Waals surface area contributed by atoms with Gasteiger partial charge in [0.1, 0.15) is 0 Å². The van der Waals surface area contributed by atoms with Gasteiger partial charge in [-0.1, -0.05) is 35.9 Å². The van der Waals surface area contributed by atoms with Gasteiger partial charge in [0, 0.05) is 29.4 Å². The Hall–Kier alpha value is -2.18. The number of aromatic nitrogens is 2. The number of rotatable bonds is 7. The number of carbonyl (C=O) groups excluding carboxylic acids is 1. The Bertz CT molecular complexity index is 861. The molecule has 1 N–H and O–H groups in total. The maximum Gasteiger partial charge on any atom is 0.236 e. The molecule has 1 amide bonds. The lowest BCUT2D eigenvalue weighted by Gasteiger charge is -2.02. The van der Waals surface area contributed by atoms with Crippen LogP contribution in [-0.4, -0.2) is 21.6 Å². The van der Waals surface area contributed by atoms with Crippen LogP contribution in [0.3, 0.4) is 0 Å². The molecule has 0 aliphatic carbocycles. The zero-order valence-corrected chi connectivity index (χ0v) is 16.5. The summed E-state index contributed by atoms with van der Waals surface area (Å²) in [6.45, 7) is 4.08. The molecule has 2 aromatic heterocycles. The van der Waals surface area contributed by atoms with Gasteiger partial charge in [-0.3, -0.25) is 9.78 Å². The average Bonchev–Trinajstić information content (AvgIpc) is 2.97. The fourth-order valence-corrected chi connectivity index (χ4v) is 4.22. The van der Waals surface area contributed by atoms with E-state index in [4.69, 9.17) is 0 Å². The molecule has 0 radical (unpaired) electrons. The highest BCUT2D eigenvalue weighted by Crippen LogP contribution is 2.25. The molecule has 134 valence electrons. The number of nitrogens with zero attached hydrogens (tertiary/aromatic N) is 2. The summed E-state index contributed by atoms with van der Waals surface area (Å²) in [4.78, 5) is 21.9. The number of pyridine rings is 1. The van der Waals surface area contributed by atoms with Crippen molar-refractivity contribution in [3.8, 4) is 0 Å². The monoisotopic (exact) mass is 383 g/mol. The Morgan fingerprint density at radius 1 is 1.15 bits per heavy atom. The number of nitrogens with one attached hydrogen (secondary N) is 1. The van der Waals surface area contributed by atoms with Crippen molar-refractivity contribution in [3.05, 3.63) is 76.1 Å². The first kappa shape index (κ1) is 18.6. The molecule has 0 atom stereocenters. The molecule has 0 saturated carbocycles. The van der Waals surface area contributed by atoms with E-state index in [1.54, 1.807) is 29.3 Å². The molecule has 0 bridgehead atoms. The smallest absolute Gasteiger partial charge is 0.236 e. The fourth-order valence-electron chi connectivity index (χ4n) is 2.44. The van der Waals surface area contributed by atoms with Gasteiger partial charge in [-0.05, 0) is 31.0 Å². The summed E-state index contributed by atoms with van der Waals surface area (Å²) in [6, 6.07) is 12.4. The van der Waals surface area contributed by atoms with Crippen molar-refractivity contribution in [2.24, 2.45) is 0 Å². The number of hydrogen-bond acceptors (Lipinski definition) is 5. The van der Waals surface area contributed by atoms with E-state index in [0.29, 0.717) is 10.9 Å². The molecular formula is C20H21N3OS2. The number of thiazole rings is 1. The first-order chi connectivity index (χ1) is 12.6. The van der Waals surface area contributed by atoms with Gasteiger partial charge in [0.05, 0.1) is 11.4 Å². The van der Waals surface area contributed by atoms with Crippen molar-refractivity contribution in [1.29, 1.82) is 0 Å². The maximum absolute atomic E-state index is 12.1. The lowest BCUT2D eigenvalue weighted by atomic mass is 10.1. The van der Waals surface area contributed by atoms with E-state index in [1.165, 1.54) is 16.0 Å². The molecule has 2 heterocycles. The Balaban J connectivity index is 1.51. The third-order valence-corrected chi connectivity index (χ3v) is 5.93. The molecule has 0 spiro atoms. The largest absolute Gasteiger partial charge is 0.301 e. The third-order valence-electron chi connectivity index (χ3n) is 3.85. The van der Waals surface area contributed by atoms with E-state index in [1.807, 2.05) is 25.3 Å². The van der Waals surface area contributed by atoms with Gasteiger partial charge in [0.15, 0.2) is 5.13 Å². The SMILES string of the molecule is Cc1ccc(Cc2sc(NC(=O)CSCc3cccnc3)nc2C)cc1. The summed E-state index contributed by atoms with van der Waals surface area (Å²) in [5.74, 6) is 1.16. The van der Waals surface area contributed by atoms with E-state index in [2.05, 4.69) is 46.5 Å². The molecule has 26 heavy (non-hydrogen) atoms. The van der Waals surface area contributed by atoms with Gasteiger partial charge >= 0.3 is 0 Å². The minimum absolute atomic E-state index is 0.0190. The van der Waals surface area contributed by atoms with Crippen LogP contribution in [0.15, 0.2) is 48.8 Å². The summed E-state index contributed by atoms with van der Waals surface area (Å²) in [7, 11) is 0. The van der Waals surface area contributed by atoms with E-state index in [9.17, 15) is 4.79 Å². The predicted octanol–water partition coefficient (Wildman–Crippen LogP) is 4.62. The van der Waals surface area contributed by atoms with Crippen LogP contribution in [0.4, 0.5) is 5.13 Å². The molecule has 0 fully saturated rings. The van der Waals surface area contributed by atoms with E-state index in [-0.39, 0.29) is 5.91 Å². The molecule has 3 rings (SSSR count). The van der Waals surface area contributed by atoms with Crippen LogP contribution in [0, 0.1) is 13.8 Å². The normalized spacial score (nSPS) is 10.7. The van der Waals surface area contributed by atoms with Crippen LogP contribution in [0.2, 0.25) is 0 Å². The fraction of sp³-hybridized carbons (Fsp3) is 0.250. The van der Waals surface area contributed by atoms with Gasteiger partial charge in [0.25, 0.3) is 0 Å². The van der Waals surface area contributed by atoms with E-state index >= 15 is 0 Å². The summed E-state index contributed by atoms with van der Waals surface area (Å²) in [5.41, 5.74) is 4.61. The number of thioether (sulfide) groups is 1. The standard InChI is InChI=1S/C20H21N3OS2/c1-14-5-7-16(8-6-14)10-18-15(2)22-20(26-18)23-19(24)13-25-12-17-4-3-9-21-11-17/h3-9,11H,10,12-13H2,1-2H3,(H,22,23,24). The quantitative estimate of drug-likeness (QED) is 0.647. The topological polar surface area (TPSA) is 54.9 Å². The highest BCUT2D eigenvalue weighted by Gasteiger charge is 2.11. The Kier molecular flexibility index (Phi) is 6.41. The minimum atomic E-state index is -0.0190. The Morgan fingerprint density at radius 2 is 1.96 bits per heavy atom. The molecule has 6 heteroatoms. The van der Waals surface area contributed by atoms with Gasteiger partial charge in [-0.25, -0.2) is 4.98 Å². The van der Waals surface area contributed by atoms with Crippen molar-refractivity contribution in [2.45, 2.75) is 26.0 Å². The lowest BCUT2D eigenvalue weighted by molar-refractivity contribution is -0.113. The zero-order chi connectivity index (χ0) is 18.4. The Labute approximate surface area is 162 Å². The maximum atomic E-state index is 12.1. The zero-order valence-electron chi connectivity index (χ0n) is 14.9. The van der Waals surface area contributed by atoms with Gasteiger partial charge < -0.3 is 5.32 Å². The van der Waals surface area contributed by atoms with Crippen LogP contribution in [0.5, 0.6) is 0 Å². The summed E-state index contributed by atoms with van der Waals surface area (Å²) in [5, 5.41) is 3.59. The highest BCUT2D eigenvalue weighted by molar-refractivity contribution is 7.99. The molecule has 0 aliphatic rings. The third kappa shape index (κ3) is 5.41. The molecule has 3 aromatic rings. The van der Waals surface area contributed by atoms with E-state index in [0.717, 1.165) is 23.4 Å². The van der Waals surface area contributed by atoms with Crippen molar-refractivity contribution >= 4 is 34.1 Å². The van der Waals surface area contributed by atoms with Gasteiger partial charge in [-0.2, -0.15) is 0 Å². The van der Waals surface area contributed by atoms with Crippen molar-refractivity contribution < 1.29 is 4.79 Å². The average molecular weight is 384 g/mol. The number of benzene rings is 1. The highest BCUT2D eigenvalue weighted by atomic mass is 32.2. The van der Waals surface area contributed by atoms with Crippen LogP contribution in [0.25, 0.3) is 0 Å². The molecule has 1 aromatic carbocycles. The van der Waals surface area contributed by atoms with Crippen molar-refractivity contribution in [2.75, 3.05) is 11.1 Å². The summed E-state index contributed by atoms with van der Waals surface area (Å²) in [6.07, 6.45) is 4.42. The van der Waals surface area contributed by atoms with Crippen molar-refractivity contribution in [3.63, 3.8) is 0 Å². The molecule has 0 unspecified atom stereocenters. The molecule has 0 aliphatic heterocycles. The lowest BCUT2D eigenvalue weighted by Crippen LogP contribution is -2.13. The number of carbonyl (C=O) groups is 1. The molecule has 4 nitrogen and oxygen atoms in total. The van der Waals surface area contributed by atoms with Crippen LogP contribution in [0.1, 0.15) is 27.3 Å². The summed E-state index contributed by atoms with van der Waals surface area (Å²) < 4.78 is 0. The molecular weight excluding hydrogens is 362 g/mol. The van der Waals surface area contributed by atoms with Crippen LogP contribution < -0.4 is 5.32 Å². The first-order valence-electron chi connectivity index (χ1n) is 8.38. The van der Waals surface area contributed by atoms with Gasteiger partial charge in [0.2, 0.25) is 5.91 Å². The predicted molar refractivity (Wildman–Crippen MR) is 110 cm³/mol. The Morgan fingerprint density at radius 3 is 2.69 bits per heavy atom. The number of aryl methyl sites for hydroxylation is 2. The summed E-state index contributed by atoms with van der Waals surface area (Å²) >= 11 is 3.13. The van der Waals surface area contributed by atoms with Gasteiger partial charge in [-0.15, -0.1) is 23.1 Å². The van der Waals surface area contributed by atoms with Crippen LogP contribution >= 0.6 is 23.1 Å². The number of anilines is 1. The second-order valence-corrected chi connectivity index (χ2v) is 8.16. The second-order valence-electron chi connectivity index (χ2n) is 6.09.